The summed E-state index contributed by atoms with van der Waals surface area (Å²) in [6.45, 7) is 0. The van der Waals surface area contributed by atoms with Crippen LogP contribution in [0.5, 0.6) is 5.75 Å². The second-order valence-corrected chi connectivity index (χ2v) is 8.17. The number of benzene rings is 6. The predicted molar refractivity (Wildman–Crippen MR) is 140 cm³/mol. The zero-order chi connectivity index (χ0) is 22.2. The lowest BCUT2D eigenvalue weighted by molar-refractivity contribution is 0.454. The van der Waals surface area contributed by atoms with Crippen molar-refractivity contribution in [2.75, 3.05) is 0 Å². The molecular weight excluding hydrogens is 403 g/mol. The van der Waals surface area contributed by atoms with Gasteiger partial charge in [0.05, 0.1) is 0 Å². The highest BCUT2D eigenvalue weighted by atomic mass is 16.5. The van der Waals surface area contributed by atoms with Crippen LogP contribution in [-0.2, 0) is 0 Å². The third-order valence-corrected chi connectivity index (χ3v) is 6.36. The van der Waals surface area contributed by atoms with Crippen LogP contribution in [0.15, 0.2) is 115 Å². The summed E-state index contributed by atoms with van der Waals surface area (Å²) in [7, 11) is -0.328. The summed E-state index contributed by atoms with van der Waals surface area (Å²) in [5, 5.41) is 16.5. The molecule has 0 fully saturated rings. The summed E-state index contributed by atoms with van der Waals surface area (Å²) in [6.07, 6.45) is 0. The van der Waals surface area contributed by atoms with Gasteiger partial charge in [0.25, 0.3) is 0 Å². The van der Waals surface area contributed by atoms with Crippen LogP contribution in [0, 0.1) is 0 Å². The molecule has 0 radical (unpaired) electrons. The molecule has 0 unspecified atom stereocenters. The number of fused-ring (bicyclic) bond motifs is 3. The van der Waals surface area contributed by atoms with Crippen LogP contribution in [0.25, 0.3) is 54.6 Å². The van der Waals surface area contributed by atoms with E-state index in [1.165, 1.54) is 49.0 Å². The first-order valence-corrected chi connectivity index (χ1v) is 11.1. The summed E-state index contributed by atoms with van der Waals surface area (Å²) in [5.74, 6) is 0.655. The van der Waals surface area contributed by atoms with Gasteiger partial charge < -0.3 is 9.68 Å². The average Bonchev–Trinajstić information content (AvgIpc) is 2.88. The van der Waals surface area contributed by atoms with E-state index in [2.05, 4.69) is 103 Å². The molecule has 0 aliphatic carbocycles. The number of hydrogen-bond donors (Lipinski definition) is 1. The summed E-state index contributed by atoms with van der Waals surface area (Å²) in [5.41, 5.74) is 4.85. The molecule has 33 heavy (non-hydrogen) atoms. The topological polar surface area (TPSA) is 29.5 Å². The van der Waals surface area contributed by atoms with E-state index in [0.717, 1.165) is 5.56 Å². The molecule has 0 saturated carbocycles. The molecule has 0 heterocycles. The van der Waals surface area contributed by atoms with Gasteiger partial charge in [-0.25, -0.2) is 0 Å². The molecule has 0 spiro atoms. The van der Waals surface area contributed by atoms with Gasteiger partial charge in [0.15, 0.2) is 0 Å². The Kier molecular flexibility index (Phi) is 4.82. The van der Waals surface area contributed by atoms with Gasteiger partial charge in [-0.05, 0) is 66.7 Å². The summed E-state index contributed by atoms with van der Waals surface area (Å²) < 4.78 is 5.25. The summed E-state index contributed by atoms with van der Waals surface area (Å²) in [4.78, 5) is 0. The van der Waals surface area contributed by atoms with Crippen molar-refractivity contribution in [2.45, 2.75) is 0 Å². The lowest BCUT2D eigenvalue weighted by Crippen LogP contribution is -1.99. The van der Waals surface area contributed by atoms with Crippen LogP contribution in [0.3, 0.4) is 0 Å². The monoisotopic (exact) mass is 424 g/mol. The van der Waals surface area contributed by atoms with Crippen molar-refractivity contribution in [3.63, 3.8) is 0 Å². The van der Waals surface area contributed by atoms with Crippen LogP contribution in [0.4, 0.5) is 0 Å². The van der Waals surface area contributed by atoms with Crippen molar-refractivity contribution in [1.29, 1.82) is 0 Å². The van der Waals surface area contributed by atoms with Crippen molar-refractivity contribution in [2.24, 2.45) is 0 Å². The Morgan fingerprint density at radius 1 is 0.485 bits per heavy atom. The van der Waals surface area contributed by atoms with E-state index < -0.39 is 0 Å². The lowest BCUT2D eigenvalue weighted by Gasteiger charge is -2.19. The first-order chi connectivity index (χ1) is 16.3. The summed E-state index contributed by atoms with van der Waals surface area (Å²) in [6, 6.07) is 40.4. The number of rotatable bonds is 4. The first kappa shape index (κ1) is 19.6. The smallest absolute Gasteiger partial charge is 0.504 e. The van der Waals surface area contributed by atoms with Crippen LogP contribution >= 0.6 is 0 Å². The quantitative estimate of drug-likeness (QED) is 0.241. The average molecular weight is 424 g/mol. The third-order valence-electron chi connectivity index (χ3n) is 6.36. The van der Waals surface area contributed by atoms with Crippen molar-refractivity contribution in [3.05, 3.63) is 115 Å². The van der Waals surface area contributed by atoms with Crippen molar-refractivity contribution in [1.82, 2.24) is 0 Å². The Morgan fingerprint density at radius 3 is 1.61 bits per heavy atom. The second kappa shape index (κ2) is 8.12. The van der Waals surface area contributed by atoms with Crippen molar-refractivity contribution < 1.29 is 9.68 Å². The maximum atomic E-state index is 9.08. The van der Waals surface area contributed by atoms with Gasteiger partial charge in [-0.2, -0.15) is 0 Å². The maximum Gasteiger partial charge on any atom is 0.504 e. The van der Waals surface area contributed by atoms with Gasteiger partial charge in [0.2, 0.25) is 0 Å². The molecule has 0 aliphatic heterocycles. The fourth-order valence-corrected chi connectivity index (χ4v) is 4.97. The van der Waals surface area contributed by atoms with Gasteiger partial charge in [0.1, 0.15) is 5.75 Å². The normalized spacial score (nSPS) is 11.2. The molecule has 156 valence electrons. The minimum absolute atomic E-state index is 0.328. The Labute approximate surface area is 193 Å². The standard InChI is InChI=1S/C30H21BO2/c32-31-33-22-18-16-21(17-19-22)29-25-11-3-5-13-27(25)30(28-14-6-4-12-26(28)29)24-15-7-9-20-8-1-2-10-23(20)24/h1-19,31-32H. The largest absolute Gasteiger partial charge is 0.539 e. The first-order valence-electron chi connectivity index (χ1n) is 11.1. The van der Waals surface area contributed by atoms with Gasteiger partial charge in [0, 0.05) is 0 Å². The minimum atomic E-state index is -0.328. The van der Waals surface area contributed by atoms with E-state index in [-0.39, 0.29) is 7.69 Å². The Morgan fingerprint density at radius 2 is 1.00 bits per heavy atom. The predicted octanol–water partition coefficient (Wildman–Crippen LogP) is 7.12. The molecule has 6 aromatic rings. The molecule has 0 atom stereocenters. The van der Waals surface area contributed by atoms with E-state index in [1.807, 2.05) is 12.1 Å². The molecule has 0 aliphatic rings. The van der Waals surface area contributed by atoms with Crippen LogP contribution in [-0.4, -0.2) is 12.7 Å². The van der Waals surface area contributed by atoms with E-state index in [4.69, 9.17) is 9.68 Å². The highest BCUT2D eigenvalue weighted by Crippen LogP contribution is 2.45. The molecule has 1 N–H and O–H groups in total. The molecule has 6 aromatic carbocycles. The Balaban J connectivity index is 1.74. The van der Waals surface area contributed by atoms with Crippen molar-refractivity contribution >= 4 is 40.0 Å². The molecule has 0 amide bonds. The molecule has 3 heteroatoms. The highest BCUT2D eigenvalue weighted by molar-refractivity contribution is 6.23. The molecular formula is C30H21BO2. The molecule has 0 saturated heterocycles. The van der Waals surface area contributed by atoms with Gasteiger partial charge >= 0.3 is 7.69 Å². The van der Waals surface area contributed by atoms with Crippen LogP contribution < -0.4 is 4.65 Å². The van der Waals surface area contributed by atoms with Gasteiger partial charge in [-0.15, -0.1) is 0 Å². The highest BCUT2D eigenvalue weighted by Gasteiger charge is 2.17. The minimum Gasteiger partial charge on any atom is -0.539 e. The Bertz CT molecular complexity index is 1560. The third kappa shape index (κ3) is 3.26. The zero-order valence-corrected chi connectivity index (χ0v) is 18.0. The zero-order valence-electron chi connectivity index (χ0n) is 18.0. The second-order valence-electron chi connectivity index (χ2n) is 8.17. The molecule has 2 nitrogen and oxygen atoms in total. The van der Waals surface area contributed by atoms with E-state index in [1.54, 1.807) is 0 Å². The lowest BCUT2D eigenvalue weighted by atomic mass is 9.85. The number of hydrogen-bond acceptors (Lipinski definition) is 2. The van der Waals surface area contributed by atoms with Gasteiger partial charge in [-0.1, -0.05) is 103 Å². The Hall–Kier alpha value is -4.08. The molecule has 0 aromatic heterocycles. The van der Waals surface area contributed by atoms with Crippen molar-refractivity contribution in [3.8, 4) is 28.0 Å². The van der Waals surface area contributed by atoms with Gasteiger partial charge in [-0.3, -0.25) is 0 Å². The van der Waals surface area contributed by atoms with E-state index >= 15 is 0 Å². The molecule has 6 rings (SSSR count). The maximum absolute atomic E-state index is 9.08. The van der Waals surface area contributed by atoms with Crippen LogP contribution in [0.1, 0.15) is 0 Å². The fourth-order valence-electron chi connectivity index (χ4n) is 4.97. The summed E-state index contributed by atoms with van der Waals surface area (Å²) >= 11 is 0. The SMILES string of the molecule is OBOc1ccc(-c2c3ccccc3c(-c3cccc4ccccc34)c3ccccc23)cc1. The van der Waals surface area contributed by atoms with E-state index in [9.17, 15) is 0 Å². The van der Waals surface area contributed by atoms with E-state index in [0.29, 0.717) is 5.75 Å². The fraction of sp³-hybridized carbons (Fsp3) is 0. The van der Waals surface area contributed by atoms with Crippen LogP contribution in [0.2, 0.25) is 0 Å². The molecule has 0 bridgehead atoms.